The Morgan fingerprint density at radius 2 is 1.57 bits per heavy atom. The molecule has 5 saturated carbocycles. The summed E-state index contributed by atoms with van der Waals surface area (Å²) in [5, 5.41) is -5.19. The molecule has 10 nitrogen and oxygen atoms in total. The fraction of sp³-hybridized carbons (Fsp3) is 0.864. The lowest BCUT2D eigenvalue weighted by atomic mass is 9.48. The van der Waals surface area contributed by atoms with Gasteiger partial charge in [0.15, 0.2) is 0 Å². The molecular weight excluding hydrogens is 494 g/mol. The Morgan fingerprint density at radius 3 is 2.17 bits per heavy atom. The van der Waals surface area contributed by atoms with Crippen molar-refractivity contribution < 1.29 is 55.1 Å². The zero-order valence-corrected chi connectivity index (χ0v) is 20.0. The number of hydrogen-bond acceptors (Lipinski definition) is 9. The number of esters is 2. The van der Waals surface area contributed by atoms with Gasteiger partial charge < -0.3 is 18.9 Å². The molecule has 5 fully saturated rings. The number of halogens is 2. The number of alkyl halides is 2. The molecule has 198 valence electrons. The van der Waals surface area contributed by atoms with Gasteiger partial charge in [0.05, 0.1) is 5.92 Å². The fourth-order valence-electron chi connectivity index (χ4n) is 6.86. The van der Waals surface area contributed by atoms with Crippen LogP contribution in [0.15, 0.2) is 0 Å². The number of carbonyl (C=O) groups excluding carboxylic acids is 3. The van der Waals surface area contributed by atoms with Crippen molar-refractivity contribution in [3.63, 3.8) is 0 Å². The average molecular weight is 525 g/mol. The van der Waals surface area contributed by atoms with Crippen LogP contribution >= 0.6 is 0 Å². The number of carbonyl (C=O) groups is 3. The molecule has 0 amide bonds. The predicted molar refractivity (Wildman–Crippen MR) is 112 cm³/mol. The van der Waals surface area contributed by atoms with Gasteiger partial charge in [-0.3, -0.25) is 9.35 Å². The normalized spacial score (nSPS) is 32.7. The van der Waals surface area contributed by atoms with Crippen LogP contribution in [0.25, 0.3) is 0 Å². The zero-order valence-electron chi connectivity index (χ0n) is 19.2. The standard InChI is InChI=1S/C22H30F2O10S/c23-22(24,35(28,29)30)18(26)32-13-33-19(27)31-12-20-7-14-6-15(8-20)10-21(9-14,11-20)34-17(25)16-4-2-1-3-5-16/h14-16H,1-13H2,(H,28,29,30). The van der Waals surface area contributed by atoms with Crippen LogP contribution in [0.2, 0.25) is 0 Å². The molecule has 0 aromatic rings. The summed E-state index contributed by atoms with van der Waals surface area (Å²) in [7, 11) is -6.03. The van der Waals surface area contributed by atoms with Crippen molar-refractivity contribution in [3.8, 4) is 0 Å². The van der Waals surface area contributed by atoms with Crippen molar-refractivity contribution in [3.05, 3.63) is 0 Å². The SMILES string of the molecule is O=C(OCOC(=O)C(F)(F)S(=O)(=O)O)OCC12CC3CC(C1)CC(OC(=O)C1CCCCC1)(C3)C2. The first-order valence-corrected chi connectivity index (χ1v) is 13.3. The van der Waals surface area contributed by atoms with Crippen LogP contribution < -0.4 is 0 Å². The topological polar surface area (TPSA) is 143 Å². The summed E-state index contributed by atoms with van der Waals surface area (Å²) < 4.78 is 75.4. The van der Waals surface area contributed by atoms with Gasteiger partial charge in [0.25, 0.3) is 0 Å². The summed E-state index contributed by atoms with van der Waals surface area (Å²) in [4.78, 5) is 36.0. The molecule has 1 N–H and O–H groups in total. The third-order valence-electron chi connectivity index (χ3n) is 7.81. The van der Waals surface area contributed by atoms with Crippen LogP contribution in [-0.2, 0) is 38.7 Å². The maximum Gasteiger partial charge on any atom is 0.511 e. The minimum absolute atomic E-state index is 0.0311. The first kappa shape index (κ1) is 26.1. The highest BCUT2D eigenvalue weighted by molar-refractivity contribution is 7.87. The molecule has 2 atom stereocenters. The summed E-state index contributed by atoms with van der Waals surface area (Å²) >= 11 is 0. The van der Waals surface area contributed by atoms with Gasteiger partial charge >= 0.3 is 33.5 Å². The maximum absolute atomic E-state index is 13.1. The molecule has 0 heterocycles. The van der Waals surface area contributed by atoms with Gasteiger partial charge in [-0.15, -0.1) is 0 Å². The number of hydrogen-bond donors (Lipinski definition) is 1. The van der Waals surface area contributed by atoms with E-state index in [1.165, 1.54) is 0 Å². The molecule has 0 spiro atoms. The van der Waals surface area contributed by atoms with E-state index < -0.39 is 45.3 Å². The van der Waals surface area contributed by atoms with Gasteiger partial charge in [-0.25, -0.2) is 9.59 Å². The molecule has 13 heteroatoms. The van der Waals surface area contributed by atoms with Gasteiger partial charge in [0.2, 0.25) is 6.79 Å². The molecule has 5 aliphatic carbocycles. The van der Waals surface area contributed by atoms with E-state index in [9.17, 15) is 31.6 Å². The van der Waals surface area contributed by atoms with Crippen molar-refractivity contribution in [1.82, 2.24) is 0 Å². The zero-order chi connectivity index (χ0) is 25.5. The lowest BCUT2D eigenvalue weighted by Crippen LogP contribution is -2.59. The number of rotatable bonds is 8. The molecule has 5 aliphatic rings. The second kappa shape index (κ2) is 9.45. The van der Waals surface area contributed by atoms with E-state index in [1.54, 1.807) is 0 Å². The van der Waals surface area contributed by atoms with Gasteiger partial charge in [-0.05, 0) is 63.2 Å². The summed E-state index contributed by atoms with van der Waals surface area (Å²) in [5.41, 5.74) is -0.965. The highest BCUT2D eigenvalue weighted by atomic mass is 32.2. The molecule has 0 saturated heterocycles. The Morgan fingerprint density at radius 1 is 0.943 bits per heavy atom. The van der Waals surface area contributed by atoms with E-state index in [4.69, 9.17) is 14.0 Å². The lowest BCUT2D eigenvalue weighted by molar-refractivity contribution is -0.212. The average Bonchev–Trinajstić information content (AvgIpc) is 2.76. The van der Waals surface area contributed by atoms with E-state index in [1.807, 2.05) is 0 Å². The van der Waals surface area contributed by atoms with Crippen molar-refractivity contribution in [1.29, 1.82) is 0 Å². The molecule has 2 unspecified atom stereocenters. The van der Waals surface area contributed by atoms with Crippen LogP contribution in [0.3, 0.4) is 0 Å². The minimum atomic E-state index is -6.03. The van der Waals surface area contributed by atoms with Crippen LogP contribution in [0.5, 0.6) is 0 Å². The summed E-state index contributed by atoms with van der Waals surface area (Å²) in [6, 6.07) is 0. The maximum atomic E-state index is 13.1. The van der Waals surface area contributed by atoms with E-state index >= 15 is 0 Å². The lowest BCUT2D eigenvalue weighted by Gasteiger charge is -2.61. The second-order valence-electron chi connectivity index (χ2n) is 10.6. The van der Waals surface area contributed by atoms with E-state index in [2.05, 4.69) is 9.47 Å². The van der Waals surface area contributed by atoms with Gasteiger partial charge in [-0.2, -0.15) is 17.2 Å². The monoisotopic (exact) mass is 524 g/mol. The number of ether oxygens (including phenoxy) is 4. The molecule has 0 aromatic heterocycles. The molecule has 0 aromatic carbocycles. The largest absolute Gasteiger partial charge is 0.511 e. The third-order valence-corrected chi connectivity index (χ3v) is 8.62. The Hall–Kier alpha value is -2.02. The predicted octanol–water partition coefficient (Wildman–Crippen LogP) is 3.58. The minimum Gasteiger partial charge on any atom is -0.459 e. The highest BCUT2D eigenvalue weighted by Crippen LogP contribution is 2.63. The molecular formula is C22H30F2O10S. The first-order valence-electron chi connectivity index (χ1n) is 11.9. The summed E-state index contributed by atoms with van der Waals surface area (Å²) in [6.45, 7) is -1.35. The third kappa shape index (κ3) is 5.55. The van der Waals surface area contributed by atoms with Gasteiger partial charge in [-0.1, -0.05) is 19.3 Å². The molecule has 35 heavy (non-hydrogen) atoms. The Balaban J connectivity index is 1.29. The second-order valence-corrected chi connectivity index (χ2v) is 12.1. The highest BCUT2D eigenvalue weighted by Gasteiger charge is 2.60. The van der Waals surface area contributed by atoms with Crippen molar-refractivity contribution in [2.45, 2.75) is 81.5 Å². The molecule has 0 radical (unpaired) electrons. The Kier molecular flexibility index (Phi) is 7.04. The quantitative estimate of drug-likeness (QED) is 0.217. The Labute approximate surface area is 201 Å². The summed E-state index contributed by atoms with van der Waals surface area (Å²) in [6.07, 6.45) is 8.41. The first-order chi connectivity index (χ1) is 16.3. The van der Waals surface area contributed by atoms with Crippen LogP contribution in [0.4, 0.5) is 13.6 Å². The van der Waals surface area contributed by atoms with Crippen molar-refractivity contribution >= 4 is 28.2 Å². The fourth-order valence-corrected chi connectivity index (χ4v) is 7.13. The van der Waals surface area contributed by atoms with Crippen molar-refractivity contribution in [2.24, 2.45) is 23.2 Å². The Bertz CT molecular complexity index is 945. The van der Waals surface area contributed by atoms with Gasteiger partial charge in [0, 0.05) is 5.41 Å². The molecule has 4 bridgehead atoms. The molecule has 5 rings (SSSR count). The van der Waals surface area contributed by atoms with Gasteiger partial charge in [0.1, 0.15) is 12.2 Å². The van der Waals surface area contributed by atoms with E-state index in [-0.39, 0.29) is 18.5 Å². The van der Waals surface area contributed by atoms with E-state index in [0.29, 0.717) is 18.3 Å². The van der Waals surface area contributed by atoms with Crippen LogP contribution in [0, 0.1) is 23.2 Å². The molecule has 0 aliphatic heterocycles. The van der Waals surface area contributed by atoms with Crippen LogP contribution in [-0.4, -0.2) is 55.3 Å². The van der Waals surface area contributed by atoms with Crippen LogP contribution in [0.1, 0.15) is 70.6 Å². The smallest absolute Gasteiger partial charge is 0.459 e. The summed E-state index contributed by atoms with van der Waals surface area (Å²) in [5.74, 6) is -2.09. The van der Waals surface area contributed by atoms with E-state index in [0.717, 1.165) is 64.2 Å². The van der Waals surface area contributed by atoms with Crippen molar-refractivity contribution in [2.75, 3.05) is 13.4 Å².